The second-order valence-corrected chi connectivity index (χ2v) is 7.38. The van der Waals surface area contributed by atoms with Gasteiger partial charge in [-0.2, -0.15) is 0 Å². The summed E-state index contributed by atoms with van der Waals surface area (Å²) in [5, 5.41) is 5.73. The van der Waals surface area contributed by atoms with E-state index in [1.807, 2.05) is 39.0 Å². The second-order valence-electron chi connectivity index (χ2n) is 7.38. The molecule has 1 unspecified atom stereocenters. The molecule has 0 radical (unpaired) electrons. The molecule has 0 aromatic heterocycles. The van der Waals surface area contributed by atoms with Crippen molar-refractivity contribution in [2.45, 2.75) is 58.1 Å². The third-order valence-corrected chi connectivity index (χ3v) is 3.86. The van der Waals surface area contributed by atoms with E-state index in [1.54, 1.807) is 0 Å². The number of amides is 2. The van der Waals surface area contributed by atoms with Gasteiger partial charge in [-0.15, -0.1) is 0 Å². The average molecular weight is 332 g/mol. The normalized spacial score (nSPS) is 15.5. The van der Waals surface area contributed by atoms with Gasteiger partial charge in [0.1, 0.15) is 5.60 Å². The number of benzene rings is 1. The quantitative estimate of drug-likeness (QED) is 0.806. The monoisotopic (exact) mass is 332 g/mol. The predicted molar refractivity (Wildman–Crippen MR) is 93.7 cm³/mol. The van der Waals surface area contributed by atoms with Gasteiger partial charge >= 0.3 is 6.09 Å². The van der Waals surface area contributed by atoms with Crippen molar-refractivity contribution in [1.82, 2.24) is 10.6 Å². The SMILES string of the molecule is CC(C)(C)OC(=O)NCCC(=O)NC(Cc1ccccc1)C1CC1. The summed E-state index contributed by atoms with van der Waals surface area (Å²) in [5.74, 6) is 0.548. The fourth-order valence-electron chi connectivity index (χ4n) is 2.57. The van der Waals surface area contributed by atoms with E-state index in [0.29, 0.717) is 5.92 Å². The smallest absolute Gasteiger partial charge is 0.407 e. The van der Waals surface area contributed by atoms with Gasteiger partial charge in [0.25, 0.3) is 0 Å². The third-order valence-electron chi connectivity index (χ3n) is 3.86. The van der Waals surface area contributed by atoms with Gasteiger partial charge in [-0.3, -0.25) is 4.79 Å². The standard InChI is InChI=1S/C19H28N2O3/c1-19(2,3)24-18(23)20-12-11-17(22)21-16(15-9-10-15)13-14-7-5-4-6-8-14/h4-8,15-16H,9-13H2,1-3H3,(H,20,23)(H,21,22). The molecule has 1 atom stereocenters. The molecule has 1 aromatic rings. The number of nitrogens with one attached hydrogen (secondary N) is 2. The Morgan fingerprint density at radius 2 is 1.88 bits per heavy atom. The first-order valence-electron chi connectivity index (χ1n) is 8.63. The van der Waals surface area contributed by atoms with Crippen LogP contribution >= 0.6 is 0 Å². The maximum atomic E-state index is 12.1. The molecule has 24 heavy (non-hydrogen) atoms. The van der Waals surface area contributed by atoms with E-state index in [4.69, 9.17) is 4.74 Å². The summed E-state index contributed by atoms with van der Waals surface area (Å²) in [4.78, 5) is 23.7. The van der Waals surface area contributed by atoms with Crippen LogP contribution in [0.15, 0.2) is 30.3 Å². The van der Waals surface area contributed by atoms with Crippen LogP contribution in [-0.2, 0) is 16.0 Å². The van der Waals surface area contributed by atoms with Crippen LogP contribution in [0.2, 0.25) is 0 Å². The van der Waals surface area contributed by atoms with Crippen molar-refractivity contribution in [3.63, 3.8) is 0 Å². The van der Waals surface area contributed by atoms with E-state index in [2.05, 4.69) is 22.8 Å². The molecule has 0 aliphatic heterocycles. The minimum atomic E-state index is -0.529. The fraction of sp³-hybridized carbons (Fsp3) is 0.579. The first-order chi connectivity index (χ1) is 11.3. The summed E-state index contributed by atoms with van der Waals surface area (Å²) in [6, 6.07) is 10.4. The van der Waals surface area contributed by atoms with Crippen molar-refractivity contribution in [3.8, 4) is 0 Å². The molecule has 1 aliphatic rings. The molecule has 0 bridgehead atoms. The van der Waals surface area contributed by atoms with Crippen LogP contribution in [0.5, 0.6) is 0 Å². The highest BCUT2D eigenvalue weighted by molar-refractivity contribution is 5.77. The summed E-state index contributed by atoms with van der Waals surface area (Å²) in [7, 11) is 0. The molecule has 5 heteroatoms. The Labute approximate surface area is 144 Å². The van der Waals surface area contributed by atoms with E-state index in [1.165, 1.54) is 18.4 Å². The van der Waals surface area contributed by atoms with Gasteiger partial charge in [0.05, 0.1) is 0 Å². The topological polar surface area (TPSA) is 67.4 Å². The highest BCUT2D eigenvalue weighted by atomic mass is 16.6. The molecule has 2 N–H and O–H groups in total. The largest absolute Gasteiger partial charge is 0.444 e. The Kier molecular flexibility index (Phi) is 6.23. The van der Waals surface area contributed by atoms with Crippen LogP contribution < -0.4 is 10.6 Å². The Morgan fingerprint density at radius 3 is 2.46 bits per heavy atom. The van der Waals surface area contributed by atoms with Gasteiger partial charge in [0, 0.05) is 19.0 Å². The molecule has 1 saturated carbocycles. The van der Waals surface area contributed by atoms with E-state index < -0.39 is 11.7 Å². The maximum Gasteiger partial charge on any atom is 0.407 e. The lowest BCUT2D eigenvalue weighted by Crippen LogP contribution is -2.40. The van der Waals surface area contributed by atoms with Crippen molar-refractivity contribution < 1.29 is 14.3 Å². The van der Waals surface area contributed by atoms with E-state index in [9.17, 15) is 9.59 Å². The first-order valence-corrected chi connectivity index (χ1v) is 8.63. The molecule has 2 amide bonds. The number of hydrogen-bond acceptors (Lipinski definition) is 3. The number of carbonyl (C=O) groups excluding carboxylic acids is 2. The lowest BCUT2D eigenvalue weighted by Gasteiger charge is -2.20. The summed E-state index contributed by atoms with van der Waals surface area (Å²) < 4.78 is 5.15. The number of ether oxygens (including phenoxy) is 1. The van der Waals surface area contributed by atoms with Gasteiger partial charge in [-0.1, -0.05) is 30.3 Å². The molecule has 1 fully saturated rings. The number of carbonyl (C=O) groups is 2. The number of alkyl carbamates (subject to hydrolysis) is 1. The number of rotatable bonds is 7. The van der Waals surface area contributed by atoms with Gasteiger partial charge in [0.15, 0.2) is 0 Å². The Balaban J connectivity index is 1.72. The van der Waals surface area contributed by atoms with Crippen molar-refractivity contribution in [2.24, 2.45) is 5.92 Å². The van der Waals surface area contributed by atoms with Crippen LogP contribution in [0.4, 0.5) is 4.79 Å². The lowest BCUT2D eigenvalue weighted by molar-refractivity contribution is -0.121. The predicted octanol–water partition coefficient (Wildman–Crippen LogP) is 3.04. The first kappa shape index (κ1) is 18.3. The van der Waals surface area contributed by atoms with Gasteiger partial charge in [-0.25, -0.2) is 4.79 Å². The molecule has 0 saturated heterocycles. The Bertz CT molecular complexity index is 547. The molecule has 2 rings (SSSR count). The van der Waals surface area contributed by atoms with Gasteiger partial charge in [0.2, 0.25) is 5.91 Å². The zero-order valence-electron chi connectivity index (χ0n) is 14.8. The highest BCUT2D eigenvalue weighted by Crippen LogP contribution is 2.34. The van der Waals surface area contributed by atoms with Gasteiger partial charge < -0.3 is 15.4 Å². The van der Waals surface area contributed by atoms with E-state index in [0.717, 1.165) is 6.42 Å². The third kappa shape index (κ3) is 7.02. The maximum absolute atomic E-state index is 12.1. The molecule has 5 nitrogen and oxygen atoms in total. The summed E-state index contributed by atoms with van der Waals surface area (Å²) >= 11 is 0. The van der Waals surface area contributed by atoms with Crippen molar-refractivity contribution in [3.05, 3.63) is 35.9 Å². The zero-order valence-corrected chi connectivity index (χ0v) is 14.8. The van der Waals surface area contributed by atoms with Crippen LogP contribution in [0.25, 0.3) is 0 Å². The second kappa shape index (κ2) is 8.18. The molecule has 1 aromatic carbocycles. The average Bonchev–Trinajstić information content (AvgIpc) is 3.30. The summed E-state index contributed by atoms with van der Waals surface area (Å²) in [6.07, 6.45) is 2.98. The molecule has 1 aliphatic carbocycles. The fourth-order valence-corrected chi connectivity index (χ4v) is 2.57. The molecule has 0 heterocycles. The van der Waals surface area contributed by atoms with E-state index >= 15 is 0 Å². The van der Waals surface area contributed by atoms with Crippen LogP contribution in [0.3, 0.4) is 0 Å². The zero-order chi connectivity index (χ0) is 17.6. The van der Waals surface area contributed by atoms with Crippen LogP contribution in [-0.4, -0.2) is 30.2 Å². The van der Waals surface area contributed by atoms with Crippen molar-refractivity contribution in [1.29, 1.82) is 0 Å². The summed E-state index contributed by atoms with van der Waals surface area (Å²) in [6.45, 7) is 5.71. The summed E-state index contributed by atoms with van der Waals surface area (Å²) in [5.41, 5.74) is 0.709. The minimum Gasteiger partial charge on any atom is -0.444 e. The molecule has 132 valence electrons. The Morgan fingerprint density at radius 1 is 1.21 bits per heavy atom. The van der Waals surface area contributed by atoms with Gasteiger partial charge in [-0.05, 0) is 51.5 Å². The molecular weight excluding hydrogens is 304 g/mol. The van der Waals surface area contributed by atoms with Crippen LogP contribution in [0, 0.1) is 5.92 Å². The number of hydrogen-bond donors (Lipinski definition) is 2. The molecule has 0 spiro atoms. The van der Waals surface area contributed by atoms with Crippen molar-refractivity contribution >= 4 is 12.0 Å². The highest BCUT2D eigenvalue weighted by Gasteiger charge is 2.32. The lowest BCUT2D eigenvalue weighted by atomic mass is 10.0. The van der Waals surface area contributed by atoms with Crippen molar-refractivity contribution in [2.75, 3.05) is 6.54 Å². The molecular formula is C19H28N2O3. The van der Waals surface area contributed by atoms with Crippen LogP contribution in [0.1, 0.15) is 45.6 Å². The minimum absolute atomic E-state index is 0.0288. The Hall–Kier alpha value is -2.04. The van der Waals surface area contributed by atoms with E-state index in [-0.39, 0.29) is 24.9 Å².